The Bertz CT molecular complexity index is 764. The maximum Gasteiger partial charge on any atom is 0.252 e. The molecule has 0 aliphatic rings. The SMILES string of the molecule is COc1ccc(C(=O)NCCNC(=O)c2ccccc2I)cc1OC. The standard InChI is InChI=1S/C18H19IN2O4/c1-24-15-8-7-12(11-16(15)25-2)17(22)20-9-10-21-18(23)13-5-3-4-6-14(13)19/h3-8,11H,9-10H2,1-2H3,(H,20,22)(H,21,23). The summed E-state index contributed by atoms with van der Waals surface area (Å²) < 4.78 is 11.2. The molecule has 7 heteroatoms. The molecule has 0 radical (unpaired) electrons. The molecule has 0 aliphatic heterocycles. The fourth-order valence-electron chi connectivity index (χ4n) is 2.17. The molecule has 25 heavy (non-hydrogen) atoms. The van der Waals surface area contributed by atoms with Crippen LogP contribution in [0.4, 0.5) is 0 Å². The number of halogens is 1. The Hall–Kier alpha value is -2.29. The van der Waals surface area contributed by atoms with Crippen LogP contribution < -0.4 is 20.1 Å². The summed E-state index contributed by atoms with van der Waals surface area (Å²) in [5.74, 6) is 0.640. The maximum atomic E-state index is 12.2. The predicted molar refractivity (Wildman–Crippen MR) is 103 cm³/mol. The molecule has 2 N–H and O–H groups in total. The first-order valence-electron chi connectivity index (χ1n) is 7.59. The maximum absolute atomic E-state index is 12.2. The van der Waals surface area contributed by atoms with Gasteiger partial charge in [0.2, 0.25) is 0 Å². The van der Waals surface area contributed by atoms with Gasteiger partial charge in [-0.25, -0.2) is 0 Å². The van der Waals surface area contributed by atoms with Crippen molar-refractivity contribution in [1.29, 1.82) is 0 Å². The van der Waals surface area contributed by atoms with E-state index >= 15 is 0 Å². The minimum absolute atomic E-state index is 0.162. The number of benzene rings is 2. The van der Waals surface area contributed by atoms with Crippen molar-refractivity contribution in [2.24, 2.45) is 0 Å². The molecule has 0 unspecified atom stereocenters. The average Bonchev–Trinajstić information content (AvgIpc) is 2.64. The van der Waals surface area contributed by atoms with Gasteiger partial charge in [-0.1, -0.05) is 12.1 Å². The van der Waals surface area contributed by atoms with E-state index in [4.69, 9.17) is 9.47 Å². The second-order valence-electron chi connectivity index (χ2n) is 5.06. The summed E-state index contributed by atoms with van der Waals surface area (Å²) in [4.78, 5) is 24.2. The molecule has 0 bridgehead atoms. The Morgan fingerprint density at radius 1 is 0.920 bits per heavy atom. The van der Waals surface area contributed by atoms with Gasteiger partial charge in [0, 0.05) is 22.2 Å². The van der Waals surface area contributed by atoms with E-state index < -0.39 is 0 Å². The highest BCUT2D eigenvalue weighted by atomic mass is 127. The first-order chi connectivity index (χ1) is 12.1. The van der Waals surface area contributed by atoms with Crippen LogP contribution in [0, 0.1) is 3.57 Å². The van der Waals surface area contributed by atoms with Crippen molar-refractivity contribution >= 4 is 34.4 Å². The van der Waals surface area contributed by atoms with Gasteiger partial charge < -0.3 is 20.1 Å². The highest BCUT2D eigenvalue weighted by Crippen LogP contribution is 2.27. The molecule has 0 spiro atoms. The second kappa shape index (κ2) is 9.26. The van der Waals surface area contributed by atoms with Crippen LogP contribution in [0.1, 0.15) is 20.7 Å². The zero-order valence-corrected chi connectivity index (χ0v) is 16.1. The van der Waals surface area contributed by atoms with Crippen molar-refractivity contribution in [2.75, 3.05) is 27.3 Å². The lowest BCUT2D eigenvalue weighted by Gasteiger charge is -2.10. The summed E-state index contributed by atoms with van der Waals surface area (Å²) >= 11 is 2.11. The molecule has 2 rings (SSSR count). The summed E-state index contributed by atoms with van der Waals surface area (Å²) in [7, 11) is 3.05. The lowest BCUT2D eigenvalue weighted by atomic mass is 10.2. The van der Waals surface area contributed by atoms with E-state index in [0.29, 0.717) is 35.7 Å². The number of amides is 2. The molecule has 2 aromatic rings. The molecular weight excluding hydrogens is 435 g/mol. The van der Waals surface area contributed by atoms with Crippen LogP contribution in [0.25, 0.3) is 0 Å². The first-order valence-corrected chi connectivity index (χ1v) is 8.67. The van der Waals surface area contributed by atoms with E-state index in [2.05, 4.69) is 33.2 Å². The third-order valence-electron chi connectivity index (χ3n) is 3.46. The zero-order chi connectivity index (χ0) is 18.2. The van der Waals surface area contributed by atoms with Crippen molar-refractivity contribution in [3.05, 3.63) is 57.2 Å². The lowest BCUT2D eigenvalue weighted by Crippen LogP contribution is -2.34. The molecular formula is C18H19IN2O4. The van der Waals surface area contributed by atoms with Gasteiger partial charge >= 0.3 is 0 Å². The van der Waals surface area contributed by atoms with E-state index in [9.17, 15) is 9.59 Å². The largest absolute Gasteiger partial charge is 0.493 e. The van der Waals surface area contributed by atoms with Gasteiger partial charge in [0.15, 0.2) is 11.5 Å². The van der Waals surface area contributed by atoms with Gasteiger partial charge in [-0.3, -0.25) is 9.59 Å². The predicted octanol–water partition coefficient (Wildman–Crippen LogP) is 2.47. The van der Waals surface area contributed by atoms with Crippen LogP contribution in [-0.2, 0) is 0 Å². The molecule has 0 aromatic heterocycles. The molecule has 0 fully saturated rings. The number of carbonyl (C=O) groups is 2. The minimum atomic E-state index is -0.246. The average molecular weight is 454 g/mol. The summed E-state index contributed by atoms with van der Waals surface area (Å²) in [5, 5.41) is 5.54. The number of nitrogens with one attached hydrogen (secondary N) is 2. The quantitative estimate of drug-likeness (QED) is 0.498. The van der Waals surface area contributed by atoms with E-state index in [1.165, 1.54) is 14.2 Å². The number of ether oxygens (including phenoxy) is 2. The fraction of sp³-hybridized carbons (Fsp3) is 0.222. The fourth-order valence-corrected chi connectivity index (χ4v) is 2.80. The van der Waals surface area contributed by atoms with Crippen LogP contribution in [0.15, 0.2) is 42.5 Å². The lowest BCUT2D eigenvalue weighted by molar-refractivity contribution is 0.0927. The van der Waals surface area contributed by atoms with Crippen LogP contribution in [-0.4, -0.2) is 39.1 Å². The molecule has 132 valence electrons. The number of hydrogen-bond donors (Lipinski definition) is 2. The topological polar surface area (TPSA) is 76.7 Å². The van der Waals surface area contributed by atoms with Crippen LogP contribution in [0.5, 0.6) is 11.5 Å². The summed E-state index contributed by atoms with van der Waals surface area (Å²) in [6, 6.07) is 12.3. The highest BCUT2D eigenvalue weighted by molar-refractivity contribution is 14.1. The zero-order valence-electron chi connectivity index (χ0n) is 14.0. The monoisotopic (exact) mass is 454 g/mol. The Kier molecular flexibility index (Phi) is 7.05. The van der Waals surface area contributed by atoms with E-state index in [0.717, 1.165) is 3.57 Å². The molecule has 0 heterocycles. The Labute approximate surface area is 160 Å². The van der Waals surface area contributed by atoms with Crippen molar-refractivity contribution in [3.8, 4) is 11.5 Å². The van der Waals surface area contributed by atoms with Gasteiger partial charge in [-0.05, 0) is 52.9 Å². The van der Waals surface area contributed by atoms with Crippen LogP contribution >= 0.6 is 22.6 Å². The van der Waals surface area contributed by atoms with Crippen LogP contribution in [0.2, 0.25) is 0 Å². The molecule has 2 amide bonds. The van der Waals surface area contributed by atoms with Gasteiger partial charge in [-0.2, -0.15) is 0 Å². The van der Waals surface area contributed by atoms with Crippen molar-refractivity contribution in [1.82, 2.24) is 10.6 Å². The third kappa shape index (κ3) is 5.09. The smallest absolute Gasteiger partial charge is 0.252 e. The summed E-state index contributed by atoms with van der Waals surface area (Å²) in [6.07, 6.45) is 0. The van der Waals surface area contributed by atoms with Crippen molar-refractivity contribution < 1.29 is 19.1 Å². The van der Waals surface area contributed by atoms with Crippen LogP contribution in [0.3, 0.4) is 0 Å². The van der Waals surface area contributed by atoms with Crippen molar-refractivity contribution in [3.63, 3.8) is 0 Å². The van der Waals surface area contributed by atoms with Gasteiger partial charge in [0.05, 0.1) is 19.8 Å². The van der Waals surface area contributed by atoms with E-state index in [1.807, 2.05) is 18.2 Å². The van der Waals surface area contributed by atoms with Gasteiger partial charge in [0.1, 0.15) is 0 Å². The normalized spacial score (nSPS) is 10.0. The number of methoxy groups -OCH3 is 2. The minimum Gasteiger partial charge on any atom is -0.493 e. The number of carbonyl (C=O) groups excluding carboxylic acids is 2. The Balaban J connectivity index is 1.85. The first kappa shape index (κ1) is 19.0. The third-order valence-corrected chi connectivity index (χ3v) is 4.40. The van der Waals surface area contributed by atoms with E-state index in [1.54, 1.807) is 24.3 Å². The Morgan fingerprint density at radius 3 is 2.20 bits per heavy atom. The Morgan fingerprint density at radius 2 is 1.56 bits per heavy atom. The summed E-state index contributed by atoms with van der Waals surface area (Å²) in [6.45, 7) is 0.658. The molecule has 0 saturated heterocycles. The number of hydrogen-bond acceptors (Lipinski definition) is 4. The van der Waals surface area contributed by atoms with Crippen molar-refractivity contribution in [2.45, 2.75) is 0 Å². The van der Waals surface area contributed by atoms with Gasteiger partial charge in [-0.15, -0.1) is 0 Å². The number of rotatable bonds is 7. The molecule has 0 saturated carbocycles. The van der Waals surface area contributed by atoms with Gasteiger partial charge in [0.25, 0.3) is 11.8 Å². The molecule has 0 aliphatic carbocycles. The van der Waals surface area contributed by atoms with E-state index in [-0.39, 0.29) is 11.8 Å². The summed E-state index contributed by atoms with van der Waals surface area (Å²) in [5.41, 5.74) is 1.08. The highest BCUT2D eigenvalue weighted by Gasteiger charge is 2.11. The second-order valence-corrected chi connectivity index (χ2v) is 6.22. The molecule has 2 aromatic carbocycles. The molecule has 0 atom stereocenters. The molecule has 6 nitrogen and oxygen atoms in total.